The quantitative estimate of drug-likeness (QED) is 0.476. The predicted octanol–water partition coefficient (Wildman–Crippen LogP) is 4.46. The van der Waals surface area contributed by atoms with Crippen LogP contribution >= 0.6 is 11.6 Å². The van der Waals surface area contributed by atoms with Crippen molar-refractivity contribution in [3.05, 3.63) is 64.7 Å². The fourth-order valence-corrected chi connectivity index (χ4v) is 4.39. The summed E-state index contributed by atoms with van der Waals surface area (Å²) in [4.78, 5) is 27.4. The molecule has 0 saturated heterocycles. The number of nitrogens with zero attached hydrogens (tertiary/aromatic N) is 2. The minimum absolute atomic E-state index is 0.0131. The summed E-state index contributed by atoms with van der Waals surface area (Å²) in [6.45, 7) is 4.37. The topological polar surface area (TPSA) is 86.8 Å². The highest BCUT2D eigenvalue weighted by Gasteiger charge is 2.35. The number of nitrogens with one attached hydrogen (secondary N) is 1. The molecule has 198 valence electrons. The molecule has 0 bridgehead atoms. The Morgan fingerprint density at radius 1 is 1.08 bits per heavy atom. The van der Waals surface area contributed by atoms with Crippen LogP contribution < -0.4 is 9.62 Å². The highest BCUT2D eigenvalue weighted by Crippen LogP contribution is 2.37. The van der Waals surface area contributed by atoms with E-state index < -0.39 is 51.2 Å². The van der Waals surface area contributed by atoms with Crippen LogP contribution in [0.15, 0.2) is 48.5 Å². The van der Waals surface area contributed by atoms with E-state index in [1.807, 2.05) is 6.92 Å². The van der Waals surface area contributed by atoms with Crippen molar-refractivity contribution in [1.29, 1.82) is 0 Å². The Balaban J connectivity index is 2.45. The number of sulfonamides is 1. The molecule has 2 aromatic rings. The maximum atomic E-state index is 13.4. The van der Waals surface area contributed by atoms with E-state index in [9.17, 15) is 31.2 Å². The van der Waals surface area contributed by atoms with E-state index in [0.717, 1.165) is 18.4 Å². The van der Waals surface area contributed by atoms with Crippen molar-refractivity contribution in [2.75, 3.05) is 17.1 Å². The van der Waals surface area contributed by atoms with Gasteiger partial charge in [-0.3, -0.25) is 13.9 Å². The van der Waals surface area contributed by atoms with Gasteiger partial charge in [-0.05, 0) is 44.0 Å². The van der Waals surface area contributed by atoms with Crippen molar-refractivity contribution < 1.29 is 31.2 Å². The first-order valence-electron chi connectivity index (χ1n) is 11.1. The molecule has 0 aromatic heterocycles. The first-order valence-corrected chi connectivity index (χ1v) is 13.4. The summed E-state index contributed by atoms with van der Waals surface area (Å²) in [5.41, 5.74) is -0.921. The zero-order valence-electron chi connectivity index (χ0n) is 20.3. The lowest BCUT2D eigenvalue weighted by atomic mass is 10.1. The van der Waals surface area contributed by atoms with Crippen LogP contribution in [0.25, 0.3) is 0 Å². The molecule has 2 aromatic carbocycles. The van der Waals surface area contributed by atoms with Crippen LogP contribution in [0.3, 0.4) is 0 Å². The second-order valence-electron chi connectivity index (χ2n) is 8.43. The Labute approximate surface area is 214 Å². The summed E-state index contributed by atoms with van der Waals surface area (Å²) < 4.78 is 65.8. The minimum atomic E-state index is -4.83. The molecule has 36 heavy (non-hydrogen) atoms. The summed E-state index contributed by atoms with van der Waals surface area (Å²) in [7, 11) is -4.19. The summed E-state index contributed by atoms with van der Waals surface area (Å²) in [6, 6.07) is 10.2. The smallest absolute Gasteiger partial charge is 0.352 e. The van der Waals surface area contributed by atoms with E-state index in [4.69, 9.17) is 11.6 Å². The number of hydrogen-bond donors (Lipinski definition) is 1. The molecule has 0 radical (unpaired) electrons. The second kappa shape index (κ2) is 12.0. The van der Waals surface area contributed by atoms with Gasteiger partial charge in [0.15, 0.2) is 0 Å². The van der Waals surface area contributed by atoms with Gasteiger partial charge in [-0.2, -0.15) is 13.2 Å². The maximum Gasteiger partial charge on any atom is 0.417 e. The van der Waals surface area contributed by atoms with Crippen molar-refractivity contribution in [1.82, 2.24) is 10.2 Å². The van der Waals surface area contributed by atoms with Gasteiger partial charge in [-0.1, -0.05) is 48.9 Å². The number of hydrogen-bond acceptors (Lipinski definition) is 4. The normalized spacial score (nSPS) is 13.6. The van der Waals surface area contributed by atoms with Crippen LogP contribution in [0.5, 0.6) is 0 Å². The highest BCUT2D eigenvalue weighted by molar-refractivity contribution is 7.92. The van der Waals surface area contributed by atoms with E-state index in [-0.39, 0.29) is 18.3 Å². The third kappa shape index (κ3) is 7.86. The number of benzene rings is 2. The van der Waals surface area contributed by atoms with Gasteiger partial charge in [-0.15, -0.1) is 0 Å². The fraction of sp³-hybridized carbons (Fsp3) is 0.417. The standard InChI is InChI=1S/C24H29ClF3N3O4S/c1-5-16(2)29-23(33)17(3)30(14-18-9-7-6-8-10-18)22(32)15-31(36(4,34)35)19-11-12-21(25)20(13-19)24(26,27)28/h6-13,16-17H,5,14-15H2,1-4H3,(H,29,33)/t16-,17-/m0/s1. The van der Waals surface area contributed by atoms with E-state index >= 15 is 0 Å². The van der Waals surface area contributed by atoms with Gasteiger partial charge in [0.2, 0.25) is 21.8 Å². The summed E-state index contributed by atoms with van der Waals surface area (Å²) in [5.74, 6) is -1.20. The lowest BCUT2D eigenvalue weighted by Gasteiger charge is -2.32. The summed E-state index contributed by atoms with van der Waals surface area (Å²) >= 11 is 5.67. The van der Waals surface area contributed by atoms with Crippen LogP contribution in [-0.2, 0) is 32.3 Å². The number of halogens is 4. The van der Waals surface area contributed by atoms with Crippen molar-refractivity contribution in [2.24, 2.45) is 0 Å². The highest BCUT2D eigenvalue weighted by atomic mass is 35.5. The average Bonchev–Trinajstić information content (AvgIpc) is 2.80. The van der Waals surface area contributed by atoms with E-state index in [2.05, 4.69) is 5.32 Å². The van der Waals surface area contributed by atoms with Gasteiger partial charge in [0, 0.05) is 12.6 Å². The lowest BCUT2D eigenvalue weighted by Crippen LogP contribution is -2.52. The molecule has 0 fully saturated rings. The van der Waals surface area contributed by atoms with Crippen LogP contribution in [0.1, 0.15) is 38.3 Å². The van der Waals surface area contributed by atoms with Gasteiger partial charge in [0.25, 0.3) is 0 Å². The third-order valence-corrected chi connectivity index (χ3v) is 7.06. The zero-order chi connectivity index (χ0) is 27.3. The molecule has 0 aliphatic rings. The molecule has 12 heteroatoms. The predicted molar refractivity (Wildman–Crippen MR) is 133 cm³/mol. The van der Waals surface area contributed by atoms with Crippen molar-refractivity contribution in [3.63, 3.8) is 0 Å². The van der Waals surface area contributed by atoms with Gasteiger partial charge in [-0.25, -0.2) is 8.42 Å². The van der Waals surface area contributed by atoms with E-state index in [0.29, 0.717) is 22.4 Å². The lowest BCUT2D eigenvalue weighted by molar-refractivity contribution is -0.139. The van der Waals surface area contributed by atoms with Crippen molar-refractivity contribution in [2.45, 2.75) is 52.0 Å². The Morgan fingerprint density at radius 2 is 1.69 bits per heavy atom. The molecule has 1 N–H and O–H groups in total. The summed E-state index contributed by atoms with van der Waals surface area (Å²) in [6.07, 6.45) is -3.39. The Hall–Kier alpha value is -2.79. The molecular weight excluding hydrogens is 519 g/mol. The SMILES string of the molecule is CC[C@H](C)NC(=O)[C@H](C)N(Cc1ccccc1)C(=O)CN(c1ccc(Cl)c(C(F)(F)F)c1)S(C)(=O)=O. The van der Waals surface area contributed by atoms with Crippen LogP contribution in [0.4, 0.5) is 18.9 Å². The van der Waals surface area contributed by atoms with E-state index in [1.165, 1.54) is 11.8 Å². The largest absolute Gasteiger partial charge is 0.417 e. The Morgan fingerprint density at radius 3 is 2.22 bits per heavy atom. The molecule has 0 aliphatic heterocycles. The molecule has 0 spiro atoms. The number of carbonyl (C=O) groups is 2. The monoisotopic (exact) mass is 547 g/mol. The van der Waals surface area contributed by atoms with Crippen LogP contribution in [0.2, 0.25) is 5.02 Å². The average molecular weight is 548 g/mol. The van der Waals surface area contributed by atoms with Crippen LogP contribution in [0, 0.1) is 0 Å². The second-order valence-corrected chi connectivity index (χ2v) is 10.7. The first-order chi connectivity index (χ1) is 16.6. The van der Waals surface area contributed by atoms with Crippen molar-refractivity contribution >= 4 is 39.1 Å². The molecule has 2 atom stereocenters. The van der Waals surface area contributed by atoms with Gasteiger partial charge in [0.1, 0.15) is 12.6 Å². The number of anilines is 1. The number of rotatable bonds is 10. The van der Waals surface area contributed by atoms with Crippen molar-refractivity contribution in [3.8, 4) is 0 Å². The number of amides is 2. The molecular formula is C24H29ClF3N3O4S. The molecule has 7 nitrogen and oxygen atoms in total. The Bertz CT molecular complexity index is 1180. The van der Waals surface area contributed by atoms with Crippen LogP contribution in [-0.4, -0.2) is 50.0 Å². The Kier molecular flexibility index (Phi) is 9.78. The van der Waals surface area contributed by atoms with Gasteiger partial charge < -0.3 is 10.2 Å². The molecule has 0 heterocycles. The molecule has 2 amide bonds. The number of alkyl halides is 3. The molecule has 0 unspecified atom stereocenters. The fourth-order valence-electron chi connectivity index (χ4n) is 3.33. The first kappa shape index (κ1) is 29.4. The minimum Gasteiger partial charge on any atom is -0.352 e. The third-order valence-electron chi connectivity index (χ3n) is 5.59. The molecule has 0 aliphatic carbocycles. The number of carbonyl (C=O) groups excluding carboxylic acids is 2. The van der Waals surface area contributed by atoms with Gasteiger partial charge in [0.05, 0.1) is 22.5 Å². The molecule has 0 saturated carbocycles. The van der Waals surface area contributed by atoms with Gasteiger partial charge >= 0.3 is 6.18 Å². The maximum absolute atomic E-state index is 13.4. The van der Waals surface area contributed by atoms with E-state index in [1.54, 1.807) is 37.3 Å². The zero-order valence-corrected chi connectivity index (χ0v) is 21.9. The summed E-state index contributed by atoms with van der Waals surface area (Å²) in [5, 5.41) is 2.19. The molecule has 2 rings (SSSR count).